The van der Waals surface area contributed by atoms with Gasteiger partial charge in [0.05, 0.1) is 5.69 Å². The predicted octanol–water partition coefficient (Wildman–Crippen LogP) is 2.38. The molecular weight excluding hydrogens is 280 g/mol. The van der Waals surface area contributed by atoms with E-state index in [-0.39, 0.29) is 12.1 Å². The van der Waals surface area contributed by atoms with E-state index in [1.54, 1.807) is 23.5 Å². The number of amides is 1. The van der Waals surface area contributed by atoms with Crippen LogP contribution in [-0.2, 0) is 4.74 Å². The number of aromatic nitrogens is 2. The van der Waals surface area contributed by atoms with Gasteiger partial charge in [0.1, 0.15) is 5.60 Å². The van der Waals surface area contributed by atoms with E-state index in [2.05, 4.69) is 22.2 Å². The van der Waals surface area contributed by atoms with Gasteiger partial charge in [-0.25, -0.2) is 4.79 Å². The van der Waals surface area contributed by atoms with Crippen molar-refractivity contribution in [1.29, 1.82) is 0 Å². The molecule has 0 aromatic carbocycles. The minimum absolute atomic E-state index is 0.157. The molecule has 0 bridgehead atoms. The van der Waals surface area contributed by atoms with Crippen LogP contribution in [0.1, 0.15) is 45.9 Å². The van der Waals surface area contributed by atoms with Gasteiger partial charge >= 0.3 is 6.09 Å². The average molecular weight is 306 g/mol. The Labute approximate surface area is 132 Å². The van der Waals surface area contributed by atoms with Crippen molar-refractivity contribution in [1.82, 2.24) is 20.2 Å². The fourth-order valence-corrected chi connectivity index (χ4v) is 2.47. The Kier molecular flexibility index (Phi) is 5.34. The lowest BCUT2D eigenvalue weighted by atomic mass is 10.1. The van der Waals surface area contributed by atoms with Gasteiger partial charge in [0, 0.05) is 44.3 Å². The molecule has 1 aromatic rings. The van der Waals surface area contributed by atoms with Crippen molar-refractivity contribution in [2.45, 2.75) is 45.8 Å². The molecule has 6 nitrogen and oxygen atoms in total. The zero-order chi connectivity index (χ0) is 16.2. The molecule has 1 fully saturated rings. The van der Waals surface area contributed by atoms with Crippen LogP contribution >= 0.6 is 0 Å². The molecule has 1 aromatic heterocycles. The van der Waals surface area contributed by atoms with E-state index in [1.807, 2.05) is 20.8 Å². The van der Waals surface area contributed by atoms with Crippen LogP contribution in [0.2, 0.25) is 0 Å². The number of hydrogen-bond acceptors (Lipinski definition) is 5. The standard InChI is InChI=1S/C16H26N4O2/c1-12(14-10-17-6-7-18-14)19-9-13-5-8-20(11-13)15(21)22-16(2,3)4/h6-7,10,12-13,19H,5,8-9,11H2,1-4H3/t12-,13-/m0/s1. The Morgan fingerprint density at radius 3 is 2.91 bits per heavy atom. The summed E-state index contributed by atoms with van der Waals surface area (Å²) in [5, 5.41) is 3.47. The van der Waals surface area contributed by atoms with E-state index in [9.17, 15) is 4.79 Å². The lowest BCUT2D eigenvalue weighted by Gasteiger charge is -2.24. The number of nitrogens with zero attached hydrogens (tertiary/aromatic N) is 3. The van der Waals surface area contributed by atoms with Crippen LogP contribution in [0.4, 0.5) is 4.79 Å². The Bertz CT molecular complexity index is 487. The molecule has 2 heterocycles. The highest BCUT2D eigenvalue weighted by molar-refractivity contribution is 5.68. The molecule has 0 spiro atoms. The maximum atomic E-state index is 12.0. The molecule has 2 rings (SSSR count). The SMILES string of the molecule is C[C@H](NC[C@@H]1CCN(C(=O)OC(C)(C)C)C1)c1cnccn1. The van der Waals surface area contributed by atoms with Gasteiger partial charge in [0.25, 0.3) is 0 Å². The van der Waals surface area contributed by atoms with Gasteiger partial charge < -0.3 is 15.0 Å². The van der Waals surface area contributed by atoms with Gasteiger partial charge in [-0.2, -0.15) is 0 Å². The van der Waals surface area contributed by atoms with E-state index in [0.717, 1.165) is 31.7 Å². The summed E-state index contributed by atoms with van der Waals surface area (Å²) in [6, 6.07) is 0.157. The first-order valence-electron chi connectivity index (χ1n) is 7.82. The van der Waals surface area contributed by atoms with Crippen molar-refractivity contribution < 1.29 is 9.53 Å². The smallest absolute Gasteiger partial charge is 0.410 e. The monoisotopic (exact) mass is 306 g/mol. The molecular formula is C16H26N4O2. The summed E-state index contributed by atoms with van der Waals surface area (Å²) in [6.07, 6.45) is 5.94. The van der Waals surface area contributed by atoms with E-state index in [1.165, 1.54) is 0 Å². The molecule has 6 heteroatoms. The first kappa shape index (κ1) is 16.7. The number of carbonyl (C=O) groups is 1. The van der Waals surface area contributed by atoms with Gasteiger partial charge in [-0.1, -0.05) is 0 Å². The second-order valence-corrected chi connectivity index (χ2v) is 6.84. The van der Waals surface area contributed by atoms with Crippen molar-refractivity contribution in [2.24, 2.45) is 5.92 Å². The zero-order valence-electron chi connectivity index (χ0n) is 13.9. The van der Waals surface area contributed by atoms with E-state index in [4.69, 9.17) is 4.74 Å². The quantitative estimate of drug-likeness (QED) is 0.925. The highest BCUT2D eigenvalue weighted by Crippen LogP contribution is 2.19. The Morgan fingerprint density at radius 1 is 1.50 bits per heavy atom. The Hall–Kier alpha value is -1.69. The lowest BCUT2D eigenvalue weighted by Crippen LogP contribution is -2.36. The van der Waals surface area contributed by atoms with Gasteiger partial charge in [-0.05, 0) is 40.0 Å². The molecule has 22 heavy (non-hydrogen) atoms. The Morgan fingerprint density at radius 2 is 2.27 bits per heavy atom. The van der Waals surface area contributed by atoms with Crippen molar-refractivity contribution in [3.8, 4) is 0 Å². The van der Waals surface area contributed by atoms with Crippen LogP contribution < -0.4 is 5.32 Å². The fraction of sp³-hybridized carbons (Fsp3) is 0.688. The number of rotatable bonds is 4. The molecule has 1 saturated heterocycles. The van der Waals surface area contributed by atoms with Crippen molar-refractivity contribution >= 4 is 6.09 Å². The third kappa shape index (κ3) is 4.94. The summed E-state index contributed by atoms with van der Waals surface area (Å²) < 4.78 is 5.41. The second-order valence-electron chi connectivity index (χ2n) is 6.84. The zero-order valence-corrected chi connectivity index (χ0v) is 13.9. The largest absolute Gasteiger partial charge is 0.444 e. The van der Waals surface area contributed by atoms with Gasteiger partial charge in [0.15, 0.2) is 0 Å². The number of hydrogen-bond donors (Lipinski definition) is 1. The van der Waals surface area contributed by atoms with Crippen LogP contribution in [0, 0.1) is 5.92 Å². The summed E-state index contributed by atoms with van der Waals surface area (Å²) >= 11 is 0. The second kappa shape index (κ2) is 7.05. The molecule has 1 amide bonds. The third-order valence-corrected chi connectivity index (χ3v) is 3.68. The lowest BCUT2D eigenvalue weighted by molar-refractivity contribution is 0.0288. The van der Waals surface area contributed by atoms with Crippen molar-refractivity contribution in [2.75, 3.05) is 19.6 Å². The minimum atomic E-state index is -0.437. The van der Waals surface area contributed by atoms with Gasteiger partial charge in [-0.3, -0.25) is 9.97 Å². The number of nitrogens with one attached hydrogen (secondary N) is 1. The maximum Gasteiger partial charge on any atom is 0.410 e. The van der Waals surface area contributed by atoms with E-state index >= 15 is 0 Å². The fourth-order valence-electron chi connectivity index (χ4n) is 2.47. The number of likely N-dealkylation sites (tertiary alicyclic amines) is 1. The van der Waals surface area contributed by atoms with Crippen molar-refractivity contribution in [3.63, 3.8) is 0 Å². The van der Waals surface area contributed by atoms with Gasteiger partial charge in [-0.15, -0.1) is 0 Å². The molecule has 0 aliphatic carbocycles. The highest BCUT2D eigenvalue weighted by atomic mass is 16.6. The normalized spacial score (nSPS) is 20.0. The summed E-state index contributed by atoms with van der Waals surface area (Å²) in [5.74, 6) is 0.451. The third-order valence-electron chi connectivity index (χ3n) is 3.68. The molecule has 1 aliphatic rings. The van der Waals surface area contributed by atoms with Crippen LogP contribution in [-0.4, -0.2) is 46.2 Å². The van der Waals surface area contributed by atoms with E-state index in [0.29, 0.717) is 5.92 Å². The molecule has 0 unspecified atom stereocenters. The summed E-state index contributed by atoms with van der Waals surface area (Å²) in [7, 11) is 0. The number of ether oxygens (including phenoxy) is 1. The van der Waals surface area contributed by atoms with E-state index < -0.39 is 5.60 Å². The van der Waals surface area contributed by atoms with Crippen LogP contribution in [0.25, 0.3) is 0 Å². The van der Waals surface area contributed by atoms with Crippen LogP contribution in [0.3, 0.4) is 0 Å². The van der Waals surface area contributed by atoms with Gasteiger partial charge in [0.2, 0.25) is 0 Å². The molecule has 1 N–H and O–H groups in total. The summed E-state index contributed by atoms with van der Waals surface area (Å²) in [4.78, 5) is 22.2. The average Bonchev–Trinajstić information content (AvgIpc) is 2.93. The van der Waals surface area contributed by atoms with Crippen molar-refractivity contribution in [3.05, 3.63) is 24.3 Å². The summed E-state index contributed by atoms with van der Waals surface area (Å²) in [5.41, 5.74) is 0.498. The minimum Gasteiger partial charge on any atom is -0.444 e. The van der Waals surface area contributed by atoms with Crippen LogP contribution in [0.15, 0.2) is 18.6 Å². The first-order valence-corrected chi connectivity index (χ1v) is 7.82. The van der Waals surface area contributed by atoms with Crippen LogP contribution in [0.5, 0.6) is 0 Å². The molecule has 122 valence electrons. The number of carbonyl (C=O) groups excluding carboxylic acids is 1. The Balaban J connectivity index is 1.76. The highest BCUT2D eigenvalue weighted by Gasteiger charge is 2.29. The predicted molar refractivity (Wildman–Crippen MR) is 84.4 cm³/mol. The maximum absolute atomic E-state index is 12.0. The summed E-state index contributed by atoms with van der Waals surface area (Å²) in [6.45, 7) is 10.1. The topological polar surface area (TPSA) is 67.4 Å². The molecule has 1 aliphatic heterocycles. The first-order chi connectivity index (χ1) is 10.3. The molecule has 2 atom stereocenters. The molecule has 0 radical (unpaired) electrons. The molecule has 0 saturated carbocycles.